The number of hydrogen-bond donors (Lipinski definition) is 1. The molecule has 4 saturated carbocycles. The third-order valence-corrected chi connectivity index (χ3v) is 9.96. The molecule has 33 heavy (non-hydrogen) atoms. The highest BCUT2D eigenvalue weighted by molar-refractivity contribution is 14.1. The third kappa shape index (κ3) is 3.60. The SMILES string of the molecule is O=C1NC(=O)N(c2ccc(C34CC5CC(CC(C5)C3)C4)cc2)C(=O)/C1=C/c1cc(Br)c(I)o1. The number of furan rings is 1. The van der Waals surface area contributed by atoms with Gasteiger partial charge in [-0.3, -0.25) is 14.9 Å². The van der Waals surface area contributed by atoms with E-state index in [1.807, 2.05) is 34.7 Å². The lowest BCUT2D eigenvalue weighted by atomic mass is 9.48. The highest BCUT2D eigenvalue weighted by Gasteiger charge is 2.51. The molecule has 1 aliphatic heterocycles. The van der Waals surface area contributed by atoms with Crippen LogP contribution in [0.1, 0.15) is 49.8 Å². The van der Waals surface area contributed by atoms with Gasteiger partial charge in [0.1, 0.15) is 11.3 Å². The number of anilines is 1. The number of urea groups is 1. The van der Waals surface area contributed by atoms with Gasteiger partial charge in [0.25, 0.3) is 11.8 Å². The monoisotopic (exact) mass is 620 g/mol. The fourth-order valence-corrected chi connectivity index (χ4v) is 7.61. The Morgan fingerprint density at radius 3 is 2.18 bits per heavy atom. The predicted molar refractivity (Wildman–Crippen MR) is 134 cm³/mol. The van der Waals surface area contributed by atoms with Crippen molar-refractivity contribution in [1.82, 2.24) is 5.32 Å². The molecule has 8 heteroatoms. The molecule has 1 aromatic carbocycles. The molecule has 6 nitrogen and oxygen atoms in total. The molecular formula is C25H22BrIN2O4. The maximum Gasteiger partial charge on any atom is 0.335 e. The minimum absolute atomic E-state index is 0.141. The summed E-state index contributed by atoms with van der Waals surface area (Å²) in [6.07, 6.45) is 9.27. The van der Waals surface area contributed by atoms with Crippen LogP contribution < -0.4 is 10.2 Å². The fraction of sp³-hybridized carbons (Fsp3) is 0.400. The Morgan fingerprint density at radius 2 is 1.64 bits per heavy atom. The molecule has 0 unspecified atom stereocenters. The molecule has 1 saturated heterocycles. The molecule has 0 spiro atoms. The van der Waals surface area contributed by atoms with Crippen LogP contribution in [0, 0.1) is 21.5 Å². The van der Waals surface area contributed by atoms with Crippen LogP contribution >= 0.6 is 38.5 Å². The average Bonchev–Trinajstić information content (AvgIpc) is 3.07. The van der Waals surface area contributed by atoms with Crippen molar-refractivity contribution >= 4 is 68.1 Å². The lowest BCUT2D eigenvalue weighted by molar-refractivity contribution is -0.122. The number of nitrogens with one attached hydrogen (secondary N) is 1. The molecule has 4 bridgehead atoms. The lowest BCUT2D eigenvalue weighted by Gasteiger charge is -2.57. The van der Waals surface area contributed by atoms with Gasteiger partial charge in [0.05, 0.1) is 10.2 Å². The first kappa shape index (κ1) is 21.6. The molecule has 4 amide bonds. The van der Waals surface area contributed by atoms with Crippen molar-refractivity contribution in [3.8, 4) is 0 Å². The maximum absolute atomic E-state index is 13.2. The van der Waals surface area contributed by atoms with Crippen LogP contribution in [0.2, 0.25) is 0 Å². The number of halogens is 2. The molecule has 170 valence electrons. The van der Waals surface area contributed by atoms with Gasteiger partial charge in [-0.2, -0.15) is 0 Å². The quantitative estimate of drug-likeness (QED) is 0.268. The van der Waals surface area contributed by atoms with E-state index in [0.717, 1.165) is 27.1 Å². The summed E-state index contributed by atoms with van der Waals surface area (Å²) in [7, 11) is 0. The minimum Gasteiger partial charge on any atom is -0.450 e. The molecule has 2 heterocycles. The number of carbonyl (C=O) groups is 3. The Kier molecular flexibility index (Phi) is 5.10. The second-order valence-electron chi connectivity index (χ2n) is 9.97. The van der Waals surface area contributed by atoms with E-state index in [0.29, 0.717) is 15.2 Å². The van der Waals surface area contributed by atoms with Crippen molar-refractivity contribution < 1.29 is 18.8 Å². The van der Waals surface area contributed by atoms with Gasteiger partial charge in [0, 0.05) is 22.6 Å². The third-order valence-electron chi connectivity index (χ3n) is 7.83. The molecule has 2 aromatic rings. The van der Waals surface area contributed by atoms with Gasteiger partial charge >= 0.3 is 6.03 Å². The molecule has 7 rings (SSSR count). The van der Waals surface area contributed by atoms with E-state index in [4.69, 9.17) is 4.42 Å². The van der Waals surface area contributed by atoms with E-state index in [1.165, 1.54) is 50.2 Å². The Labute approximate surface area is 213 Å². The zero-order chi connectivity index (χ0) is 22.9. The van der Waals surface area contributed by atoms with Gasteiger partial charge in [-0.05, 0) is 107 Å². The van der Waals surface area contributed by atoms with Crippen LogP contribution in [-0.2, 0) is 15.0 Å². The van der Waals surface area contributed by atoms with Gasteiger partial charge in [0.15, 0.2) is 3.77 Å². The second kappa shape index (κ2) is 7.80. The Balaban J connectivity index is 1.30. The van der Waals surface area contributed by atoms with E-state index in [1.54, 1.807) is 6.07 Å². The summed E-state index contributed by atoms with van der Waals surface area (Å²) < 4.78 is 6.88. The topological polar surface area (TPSA) is 79.6 Å². The van der Waals surface area contributed by atoms with Crippen molar-refractivity contribution in [2.45, 2.75) is 43.9 Å². The summed E-state index contributed by atoms with van der Waals surface area (Å²) >= 11 is 5.36. The number of hydrogen-bond acceptors (Lipinski definition) is 4. The van der Waals surface area contributed by atoms with E-state index >= 15 is 0 Å². The number of nitrogens with zero attached hydrogens (tertiary/aromatic N) is 1. The van der Waals surface area contributed by atoms with Crippen molar-refractivity contribution in [1.29, 1.82) is 0 Å². The molecule has 5 fully saturated rings. The fourth-order valence-electron chi connectivity index (χ4n) is 6.90. The maximum atomic E-state index is 13.2. The molecule has 0 atom stereocenters. The van der Waals surface area contributed by atoms with Crippen molar-refractivity contribution in [3.63, 3.8) is 0 Å². The summed E-state index contributed by atoms with van der Waals surface area (Å²) in [5.41, 5.74) is 1.88. The summed E-state index contributed by atoms with van der Waals surface area (Å²) in [5, 5.41) is 2.28. The predicted octanol–water partition coefficient (Wildman–Crippen LogP) is 5.78. The summed E-state index contributed by atoms with van der Waals surface area (Å²) in [5.74, 6) is 1.50. The van der Waals surface area contributed by atoms with Crippen molar-refractivity contribution in [3.05, 3.63) is 55.5 Å². The van der Waals surface area contributed by atoms with E-state index in [-0.39, 0.29) is 11.0 Å². The molecule has 4 aliphatic carbocycles. The van der Waals surface area contributed by atoms with Crippen LogP contribution in [-0.4, -0.2) is 17.8 Å². The molecule has 1 N–H and O–H groups in total. The molecule has 5 aliphatic rings. The van der Waals surface area contributed by atoms with Crippen LogP contribution in [0.3, 0.4) is 0 Å². The van der Waals surface area contributed by atoms with Gasteiger partial charge in [-0.15, -0.1) is 0 Å². The zero-order valence-electron chi connectivity index (χ0n) is 17.8. The number of barbiturate groups is 1. The van der Waals surface area contributed by atoms with Gasteiger partial charge in [-0.1, -0.05) is 12.1 Å². The Bertz CT molecular complexity index is 1160. The standard InChI is InChI=1S/C25H22BrIN2O4/c26-20-9-18(33-21(20)27)8-19-22(30)28-24(32)29(23(19)31)17-3-1-16(2-4-17)25-10-13-5-14(11-25)7-15(6-13)12-25/h1-4,8-9,13-15H,5-7,10-12H2,(H,28,30,32)/b19-8+. The van der Waals surface area contributed by atoms with Crippen molar-refractivity contribution in [2.24, 2.45) is 17.8 Å². The van der Waals surface area contributed by atoms with Crippen LogP contribution in [0.5, 0.6) is 0 Å². The van der Waals surface area contributed by atoms with Crippen LogP contribution in [0.25, 0.3) is 6.08 Å². The van der Waals surface area contributed by atoms with E-state index in [2.05, 4.69) is 33.4 Å². The molecule has 0 radical (unpaired) electrons. The van der Waals surface area contributed by atoms with Gasteiger partial charge in [0.2, 0.25) is 0 Å². The highest BCUT2D eigenvalue weighted by Crippen LogP contribution is 2.60. The average molecular weight is 621 g/mol. The first-order valence-corrected chi connectivity index (χ1v) is 13.2. The Hall–Kier alpha value is -1.94. The first-order valence-electron chi connectivity index (χ1n) is 11.3. The van der Waals surface area contributed by atoms with Gasteiger partial charge < -0.3 is 4.42 Å². The smallest absolute Gasteiger partial charge is 0.335 e. The first-order chi connectivity index (χ1) is 15.8. The number of amides is 4. The number of benzene rings is 1. The molecule has 1 aromatic heterocycles. The summed E-state index contributed by atoms with van der Waals surface area (Å²) in [6.45, 7) is 0. The number of carbonyl (C=O) groups excluding carboxylic acids is 3. The lowest BCUT2D eigenvalue weighted by Crippen LogP contribution is -2.54. The minimum atomic E-state index is -0.736. The normalized spacial score (nSPS) is 32.1. The second-order valence-corrected chi connectivity index (χ2v) is 11.8. The number of rotatable bonds is 3. The van der Waals surface area contributed by atoms with Gasteiger partial charge in [-0.25, -0.2) is 9.69 Å². The molecular weight excluding hydrogens is 599 g/mol. The summed E-state index contributed by atoms with van der Waals surface area (Å²) in [4.78, 5) is 39.2. The number of imide groups is 2. The highest BCUT2D eigenvalue weighted by atomic mass is 127. The van der Waals surface area contributed by atoms with E-state index < -0.39 is 17.8 Å². The van der Waals surface area contributed by atoms with Crippen LogP contribution in [0.15, 0.2) is 44.8 Å². The zero-order valence-corrected chi connectivity index (χ0v) is 21.5. The van der Waals surface area contributed by atoms with E-state index in [9.17, 15) is 14.4 Å². The van der Waals surface area contributed by atoms with Crippen LogP contribution in [0.4, 0.5) is 10.5 Å². The Morgan fingerprint density at radius 1 is 1.03 bits per heavy atom. The largest absolute Gasteiger partial charge is 0.450 e. The van der Waals surface area contributed by atoms with Crippen molar-refractivity contribution in [2.75, 3.05) is 4.90 Å². The summed E-state index contributed by atoms with van der Waals surface area (Å²) in [6, 6.07) is 8.77.